The Labute approximate surface area is 176 Å². The number of amides is 2. The maximum absolute atomic E-state index is 12.8. The first kappa shape index (κ1) is 20.5. The number of carbonyl (C=O) groups is 3. The molecule has 2 amide bonds. The molecule has 0 radical (unpaired) electrons. The summed E-state index contributed by atoms with van der Waals surface area (Å²) in [4.78, 5) is 39.1. The van der Waals surface area contributed by atoms with Crippen LogP contribution in [0.5, 0.6) is 5.75 Å². The Hall–Kier alpha value is -1.21. The minimum absolute atomic E-state index is 0.141. The lowest BCUT2D eigenvalue weighted by Crippen LogP contribution is -2.34. The van der Waals surface area contributed by atoms with E-state index in [9.17, 15) is 14.4 Å². The van der Waals surface area contributed by atoms with Crippen molar-refractivity contribution in [3.63, 3.8) is 0 Å². The van der Waals surface area contributed by atoms with Crippen LogP contribution in [0.1, 0.15) is 45.4 Å². The topological polar surface area (TPSA) is 63.7 Å². The highest BCUT2D eigenvalue weighted by Crippen LogP contribution is 2.44. The van der Waals surface area contributed by atoms with E-state index in [2.05, 4.69) is 38.8 Å². The molecule has 27 heavy (non-hydrogen) atoms. The van der Waals surface area contributed by atoms with Crippen LogP contribution in [-0.4, -0.2) is 27.4 Å². The smallest absolute Gasteiger partial charge is 0.311 e. The molecule has 1 saturated heterocycles. The molecule has 3 rings (SSSR count). The zero-order valence-electron chi connectivity index (χ0n) is 15.2. The normalized spacial score (nSPS) is 27.6. The van der Waals surface area contributed by atoms with Crippen LogP contribution in [0.3, 0.4) is 0 Å². The second-order valence-electron chi connectivity index (χ2n) is 7.15. The lowest BCUT2D eigenvalue weighted by atomic mass is 9.81. The number of esters is 1. The van der Waals surface area contributed by atoms with E-state index in [0.29, 0.717) is 30.7 Å². The van der Waals surface area contributed by atoms with Crippen LogP contribution in [0.4, 0.5) is 5.69 Å². The van der Waals surface area contributed by atoms with Gasteiger partial charge in [-0.2, -0.15) is 0 Å². The molecule has 0 unspecified atom stereocenters. The van der Waals surface area contributed by atoms with Crippen LogP contribution in [0.2, 0.25) is 0 Å². The Morgan fingerprint density at radius 3 is 2.11 bits per heavy atom. The van der Waals surface area contributed by atoms with E-state index in [1.165, 1.54) is 4.90 Å². The molecule has 1 saturated carbocycles. The molecule has 1 aliphatic heterocycles. The summed E-state index contributed by atoms with van der Waals surface area (Å²) in [7, 11) is 0. The summed E-state index contributed by atoms with van der Waals surface area (Å²) >= 11 is 7.18. The summed E-state index contributed by atoms with van der Waals surface area (Å²) in [5.41, 5.74) is 0.530. The minimum atomic E-state index is -0.272. The van der Waals surface area contributed by atoms with E-state index >= 15 is 0 Å². The van der Waals surface area contributed by atoms with Gasteiger partial charge in [0.15, 0.2) is 0 Å². The second-order valence-corrected chi connectivity index (χ2v) is 9.51. The molecule has 5 nitrogen and oxygen atoms in total. The van der Waals surface area contributed by atoms with Crippen molar-refractivity contribution < 1.29 is 19.1 Å². The lowest BCUT2D eigenvalue weighted by Gasteiger charge is -2.29. The number of fused-ring (bicyclic) bond motifs is 1. The summed E-state index contributed by atoms with van der Waals surface area (Å²) in [6, 6.07) is 6.60. The number of ether oxygens (including phenoxy) is 1. The monoisotopic (exact) mass is 499 g/mol. The van der Waals surface area contributed by atoms with Crippen molar-refractivity contribution in [2.45, 2.75) is 55.1 Å². The van der Waals surface area contributed by atoms with Gasteiger partial charge in [-0.25, -0.2) is 0 Å². The zero-order valence-corrected chi connectivity index (χ0v) is 18.4. The molecule has 4 atom stereocenters. The number of hydrogen-bond donors (Lipinski definition) is 0. The number of halogens is 2. The van der Waals surface area contributed by atoms with E-state index in [1.54, 1.807) is 24.3 Å². The molecule has 2 fully saturated rings. The fourth-order valence-electron chi connectivity index (χ4n) is 3.71. The van der Waals surface area contributed by atoms with E-state index in [1.807, 2.05) is 0 Å². The average Bonchev–Trinajstić information content (AvgIpc) is 2.87. The van der Waals surface area contributed by atoms with Gasteiger partial charge in [0.25, 0.3) is 0 Å². The first-order chi connectivity index (χ1) is 12.9. The Morgan fingerprint density at radius 1 is 1.04 bits per heavy atom. The quantitative estimate of drug-likeness (QED) is 0.188. The number of alkyl halides is 2. The van der Waals surface area contributed by atoms with Crippen LogP contribution in [0.25, 0.3) is 0 Å². The largest absolute Gasteiger partial charge is 0.427 e. The van der Waals surface area contributed by atoms with Gasteiger partial charge in [-0.05, 0) is 43.5 Å². The van der Waals surface area contributed by atoms with Crippen LogP contribution in [0.15, 0.2) is 24.3 Å². The Balaban J connectivity index is 1.67. The molecular weight excluding hydrogens is 478 g/mol. The summed E-state index contributed by atoms with van der Waals surface area (Å²) < 4.78 is 5.32. The molecular formula is C20H23Br2NO4. The number of benzene rings is 1. The number of imide groups is 1. The summed E-state index contributed by atoms with van der Waals surface area (Å²) in [6.07, 6.45) is 4.55. The molecule has 1 heterocycles. The highest BCUT2D eigenvalue weighted by atomic mass is 79.9. The van der Waals surface area contributed by atoms with Gasteiger partial charge in [0.05, 0.1) is 17.5 Å². The van der Waals surface area contributed by atoms with Crippen LogP contribution in [0, 0.1) is 11.8 Å². The third-order valence-corrected chi connectivity index (χ3v) is 7.96. The zero-order chi connectivity index (χ0) is 19.6. The van der Waals surface area contributed by atoms with Crippen molar-refractivity contribution in [2.75, 3.05) is 4.90 Å². The number of anilines is 1. The maximum atomic E-state index is 12.8. The van der Waals surface area contributed by atoms with Crippen LogP contribution < -0.4 is 9.64 Å². The van der Waals surface area contributed by atoms with Crippen LogP contribution in [-0.2, 0) is 14.4 Å². The van der Waals surface area contributed by atoms with Gasteiger partial charge < -0.3 is 4.74 Å². The van der Waals surface area contributed by atoms with Crippen LogP contribution >= 0.6 is 31.9 Å². The third kappa shape index (κ3) is 4.45. The van der Waals surface area contributed by atoms with Gasteiger partial charge in [0.1, 0.15) is 5.75 Å². The van der Waals surface area contributed by atoms with Crippen molar-refractivity contribution in [1.82, 2.24) is 0 Å². The standard InChI is InChI=1S/C20H23Br2NO4/c1-2-3-4-5-18(24)27-13-8-6-12(7-9-13)23-19(25)14-10-16(21)17(22)11-15(14)20(23)26/h6-9,14-17H,2-5,10-11H2,1H3/t14-,15+,16-,17-/m0/s1. The number of hydrogen-bond acceptors (Lipinski definition) is 4. The fraction of sp³-hybridized carbons (Fsp3) is 0.550. The highest BCUT2D eigenvalue weighted by Gasteiger charge is 2.52. The molecule has 146 valence electrons. The maximum Gasteiger partial charge on any atom is 0.311 e. The fourth-order valence-corrected chi connectivity index (χ4v) is 4.95. The minimum Gasteiger partial charge on any atom is -0.427 e. The highest BCUT2D eigenvalue weighted by molar-refractivity contribution is 9.12. The molecule has 0 N–H and O–H groups in total. The van der Waals surface area contributed by atoms with E-state index in [-0.39, 0.29) is 39.3 Å². The van der Waals surface area contributed by atoms with Gasteiger partial charge >= 0.3 is 5.97 Å². The average molecular weight is 501 g/mol. The summed E-state index contributed by atoms with van der Waals surface area (Å²) in [5, 5.41) is 0. The molecule has 0 spiro atoms. The van der Waals surface area contributed by atoms with E-state index in [4.69, 9.17) is 4.74 Å². The van der Waals surface area contributed by atoms with Crippen molar-refractivity contribution in [3.05, 3.63) is 24.3 Å². The van der Waals surface area contributed by atoms with Gasteiger partial charge in [-0.15, -0.1) is 0 Å². The number of rotatable bonds is 6. The molecule has 1 aromatic carbocycles. The summed E-state index contributed by atoms with van der Waals surface area (Å²) in [5.74, 6) is -0.658. The molecule has 1 aromatic rings. The predicted octanol–water partition coefficient (Wildman–Crippen LogP) is 4.60. The van der Waals surface area contributed by atoms with Gasteiger partial charge in [-0.3, -0.25) is 19.3 Å². The second kappa shape index (κ2) is 8.86. The number of nitrogens with zero attached hydrogens (tertiary/aromatic N) is 1. The van der Waals surface area contributed by atoms with Crippen molar-refractivity contribution >= 4 is 55.3 Å². The Kier molecular flexibility index (Phi) is 6.74. The van der Waals surface area contributed by atoms with E-state index < -0.39 is 0 Å². The Bertz CT molecular complexity index is 693. The van der Waals surface area contributed by atoms with Gasteiger partial charge in [-0.1, -0.05) is 51.6 Å². The molecule has 0 bridgehead atoms. The first-order valence-corrected chi connectivity index (χ1v) is 11.2. The summed E-state index contributed by atoms with van der Waals surface area (Å²) in [6.45, 7) is 2.08. The van der Waals surface area contributed by atoms with Gasteiger partial charge in [0.2, 0.25) is 11.8 Å². The molecule has 1 aliphatic carbocycles. The number of carbonyl (C=O) groups excluding carboxylic acids is 3. The lowest BCUT2D eigenvalue weighted by molar-refractivity contribution is -0.134. The predicted molar refractivity (Wildman–Crippen MR) is 110 cm³/mol. The molecule has 2 aliphatic rings. The molecule has 7 heteroatoms. The van der Waals surface area contributed by atoms with Crippen molar-refractivity contribution in [3.8, 4) is 5.75 Å². The third-order valence-electron chi connectivity index (χ3n) is 5.22. The van der Waals surface area contributed by atoms with Crippen molar-refractivity contribution in [1.29, 1.82) is 0 Å². The SMILES string of the molecule is CCCCCC(=O)Oc1ccc(N2C(=O)[C@H]3C[C@H](Br)[C@@H](Br)C[C@H]3C2=O)cc1. The van der Waals surface area contributed by atoms with E-state index in [0.717, 1.165) is 19.3 Å². The number of unbranched alkanes of at least 4 members (excludes halogenated alkanes) is 2. The molecule has 0 aromatic heterocycles. The van der Waals surface area contributed by atoms with Crippen molar-refractivity contribution in [2.24, 2.45) is 11.8 Å². The first-order valence-electron chi connectivity index (χ1n) is 9.39. The van der Waals surface area contributed by atoms with Gasteiger partial charge in [0, 0.05) is 16.1 Å². The Morgan fingerprint density at radius 2 is 1.59 bits per heavy atom.